The van der Waals surface area contributed by atoms with Crippen LogP contribution in [0.5, 0.6) is 0 Å². The summed E-state index contributed by atoms with van der Waals surface area (Å²) in [5, 5.41) is 6.59. The zero-order valence-corrected chi connectivity index (χ0v) is 15.3. The van der Waals surface area contributed by atoms with Crippen LogP contribution in [0.1, 0.15) is 28.4 Å². The minimum atomic E-state index is -0.912. The zero-order chi connectivity index (χ0) is 19.8. The lowest BCUT2D eigenvalue weighted by atomic mass is 10.1. The molecule has 2 aromatic rings. The van der Waals surface area contributed by atoms with Crippen LogP contribution in [0.4, 0.5) is 0 Å². The quantitative estimate of drug-likeness (QED) is 0.606. The van der Waals surface area contributed by atoms with Crippen molar-refractivity contribution in [1.82, 2.24) is 15.1 Å². The second-order valence-corrected chi connectivity index (χ2v) is 5.81. The first kappa shape index (κ1) is 19.8. The highest BCUT2D eigenvalue weighted by molar-refractivity contribution is 5.97. The highest BCUT2D eigenvalue weighted by atomic mass is 16.5. The Morgan fingerprint density at radius 2 is 1.81 bits per heavy atom. The number of carbonyl (C=O) groups is 2. The Labute approximate surface area is 157 Å². The number of nitrogens with one attached hydrogen (secondary N) is 1. The van der Waals surface area contributed by atoms with Crippen LogP contribution < -0.4 is 11.1 Å². The van der Waals surface area contributed by atoms with E-state index in [1.54, 1.807) is 48.3 Å². The van der Waals surface area contributed by atoms with Gasteiger partial charge in [-0.2, -0.15) is 5.10 Å². The third kappa shape index (κ3) is 5.74. The van der Waals surface area contributed by atoms with Crippen molar-refractivity contribution in [2.75, 3.05) is 7.11 Å². The van der Waals surface area contributed by atoms with Gasteiger partial charge in [-0.1, -0.05) is 5.92 Å². The summed E-state index contributed by atoms with van der Waals surface area (Å²) in [6, 6.07) is 5.14. The Kier molecular flexibility index (Phi) is 6.76. The van der Waals surface area contributed by atoms with Crippen LogP contribution in [0.3, 0.4) is 0 Å². The van der Waals surface area contributed by atoms with Crippen molar-refractivity contribution >= 4 is 11.9 Å². The molecule has 1 aromatic heterocycles. The van der Waals surface area contributed by atoms with E-state index in [0.717, 1.165) is 5.56 Å². The average molecular weight is 364 g/mol. The molecule has 0 aliphatic heterocycles. The lowest BCUT2D eigenvalue weighted by Crippen LogP contribution is -2.51. The fourth-order valence-corrected chi connectivity index (χ4v) is 2.15. The number of carbonyl (C=O) groups excluding carboxylic acids is 2. The lowest BCUT2D eigenvalue weighted by Gasteiger charge is -2.19. The van der Waals surface area contributed by atoms with E-state index in [4.69, 9.17) is 5.73 Å². The number of rotatable bonds is 4. The number of hydrogen-bond donors (Lipinski definition) is 2. The third-order valence-corrected chi connectivity index (χ3v) is 3.60. The summed E-state index contributed by atoms with van der Waals surface area (Å²) < 4.78 is 6.31. The summed E-state index contributed by atoms with van der Waals surface area (Å²) in [4.78, 5) is 23.9. The van der Waals surface area contributed by atoms with Crippen LogP contribution in [-0.2, 0) is 16.6 Å². The van der Waals surface area contributed by atoms with Crippen LogP contribution in [0.2, 0.25) is 0 Å². The highest BCUT2D eigenvalue weighted by Crippen LogP contribution is 2.05. The molecule has 1 aromatic carbocycles. The van der Waals surface area contributed by atoms with Crippen molar-refractivity contribution in [3.8, 4) is 23.7 Å². The van der Waals surface area contributed by atoms with Crippen molar-refractivity contribution in [2.45, 2.75) is 19.0 Å². The number of esters is 1. The first-order valence-corrected chi connectivity index (χ1v) is 8.15. The van der Waals surface area contributed by atoms with E-state index in [2.05, 4.69) is 38.8 Å². The van der Waals surface area contributed by atoms with E-state index in [1.165, 1.54) is 7.11 Å². The summed E-state index contributed by atoms with van der Waals surface area (Å²) in [7, 11) is 3.06. The van der Waals surface area contributed by atoms with E-state index in [-0.39, 0.29) is 0 Å². The van der Waals surface area contributed by atoms with Crippen LogP contribution in [0.15, 0.2) is 36.7 Å². The number of hydrogen-bond acceptors (Lipinski definition) is 5. The largest absolute Gasteiger partial charge is 0.467 e. The van der Waals surface area contributed by atoms with Gasteiger partial charge in [-0.05, 0) is 49.0 Å². The molecule has 2 unspecified atom stereocenters. The van der Waals surface area contributed by atoms with Gasteiger partial charge in [0.05, 0.1) is 18.9 Å². The summed E-state index contributed by atoms with van der Waals surface area (Å²) >= 11 is 0. The van der Waals surface area contributed by atoms with Crippen LogP contribution in [0.25, 0.3) is 0 Å². The summed E-state index contributed by atoms with van der Waals surface area (Å²) in [6.07, 6.45) is 3.46. The Morgan fingerprint density at radius 3 is 2.33 bits per heavy atom. The van der Waals surface area contributed by atoms with Crippen molar-refractivity contribution in [2.24, 2.45) is 12.8 Å². The zero-order valence-electron chi connectivity index (χ0n) is 15.3. The molecule has 0 aliphatic carbocycles. The van der Waals surface area contributed by atoms with Gasteiger partial charge < -0.3 is 15.8 Å². The molecule has 1 heterocycles. The molecule has 7 nitrogen and oxygen atoms in total. The topological polar surface area (TPSA) is 99.2 Å². The van der Waals surface area contributed by atoms with Gasteiger partial charge in [-0.25, -0.2) is 4.79 Å². The molecule has 0 radical (unpaired) electrons. The minimum Gasteiger partial charge on any atom is -0.467 e. The molecule has 0 spiro atoms. The van der Waals surface area contributed by atoms with Gasteiger partial charge in [-0.15, -0.1) is 0 Å². The van der Waals surface area contributed by atoms with Crippen LogP contribution in [-0.4, -0.2) is 40.9 Å². The Hall–Kier alpha value is -3.55. The van der Waals surface area contributed by atoms with E-state index in [0.29, 0.717) is 11.1 Å². The molecule has 7 heteroatoms. The van der Waals surface area contributed by atoms with E-state index >= 15 is 0 Å². The van der Waals surface area contributed by atoms with Crippen molar-refractivity contribution in [1.29, 1.82) is 0 Å². The van der Waals surface area contributed by atoms with Gasteiger partial charge in [0.25, 0.3) is 5.91 Å². The molecule has 3 N–H and O–H groups in total. The predicted octanol–water partition coefficient (Wildman–Crippen LogP) is 0.442. The molecule has 1 amide bonds. The number of nitrogens with zero attached hydrogens (tertiary/aromatic N) is 2. The molecule has 0 saturated carbocycles. The van der Waals surface area contributed by atoms with Gasteiger partial charge in [-0.3, -0.25) is 9.48 Å². The fourth-order valence-electron chi connectivity index (χ4n) is 2.15. The van der Waals surface area contributed by atoms with E-state index in [1.807, 2.05) is 7.05 Å². The molecule has 0 fully saturated rings. The van der Waals surface area contributed by atoms with Gasteiger partial charge in [0.1, 0.15) is 6.04 Å². The molecule has 138 valence electrons. The lowest BCUT2D eigenvalue weighted by molar-refractivity contribution is -0.143. The summed E-state index contributed by atoms with van der Waals surface area (Å²) in [5.74, 6) is 10.3. The van der Waals surface area contributed by atoms with Gasteiger partial charge >= 0.3 is 5.97 Å². The first-order chi connectivity index (χ1) is 12.9. The predicted molar refractivity (Wildman–Crippen MR) is 100 cm³/mol. The van der Waals surface area contributed by atoms with Crippen molar-refractivity contribution in [3.05, 3.63) is 53.3 Å². The van der Waals surface area contributed by atoms with E-state index < -0.39 is 24.0 Å². The second kappa shape index (κ2) is 9.23. The number of amides is 1. The Morgan fingerprint density at radius 1 is 1.19 bits per heavy atom. The van der Waals surface area contributed by atoms with Crippen molar-refractivity contribution in [3.63, 3.8) is 0 Å². The molecular formula is C20H20N4O3. The molecule has 2 rings (SSSR count). The van der Waals surface area contributed by atoms with E-state index in [9.17, 15) is 9.59 Å². The number of methoxy groups -OCH3 is 1. The van der Waals surface area contributed by atoms with Gasteiger partial charge in [0, 0.05) is 30.4 Å². The first-order valence-electron chi connectivity index (χ1n) is 8.15. The SMILES string of the molecule is COC(=O)C(NC(=O)c1ccc(C#CC#Cc2cnn(C)c2)cc1)C(C)N. The molecule has 0 aliphatic rings. The molecule has 0 saturated heterocycles. The number of aromatic nitrogens is 2. The third-order valence-electron chi connectivity index (χ3n) is 3.60. The Bertz CT molecular complexity index is 937. The molecule has 0 bridgehead atoms. The van der Waals surface area contributed by atoms with Gasteiger partial charge in [0.15, 0.2) is 0 Å². The standard InChI is InChI=1S/C20H20N4O3/c1-14(21)18(20(26)27-3)23-19(25)17-10-8-15(9-11-17)6-4-5-7-16-12-22-24(2)13-16/h8-14,18H,21H2,1-3H3,(H,23,25). The maximum absolute atomic E-state index is 12.3. The number of aryl methyl sites for hydroxylation is 1. The number of benzene rings is 1. The fraction of sp³-hybridized carbons (Fsp3) is 0.250. The maximum atomic E-state index is 12.3. The van der Waals surface area contributed by atoms with Crippen LogP contribution >= 0.6 is 0 Å². The normalized spacial score (nSPS) is 11.9. The molecular weight excluding hydrogens is 344 g/mol. The number of ether oxygens (including phenoxy) is 1. The summed E-state index contributed by atoms with van der Waals surface area (Å²) in [6.45, 7) is 1.62. The smallest absolute Gasteiger partial charge is 0.329 e. The minimum absolute atomic E-state index is 0.386. The summed E-state index contributed by atoms with van der Waals surface area (Å²) in [5.41, 5.74) is 7.61. The number of nitrogens with two attached hydrogens (primary N) is 1. The van der Waals surface area contributed by atoms with Crippen LogP contribution in [0, 0.1) is 23.7 Å². The van der Waals surface area contributed by atoms with Crippen molar-refractivity contribution < 1.29 is 14.3 Å². The monoisotopic (exact) mass is 364 g/mol. The maximum Gasteiger partial charge on any atom is 0.329 e. The molecule has 2 atom stereocenters. The Balaban J connectivity index is 2.02. The second-order valence-electron chi connectivity index (χ2n) is 5.81. The highest BCUT2D eigenvalue weighted by Gasteiger charge is 2.25. The average Bonchev–Trinajstić information content (AvgIpc) is 3.08. The molecule has 27 heavy (non-hydrogen) atoms. The van der Waals surface area contributed by atoms with Gasteiger partial charge in [0.2, 0.25) is 0 Å².